The highest BCUT2D eigenvalue weighted by Gasteiger charge is 2.22. The van der Waals surface area contributed by atoms with E-state index in [9.17, 15) is 0 Å². The third kappa shape index (κ3) is 1.66. The second-order valence-electron chi connectivity index (χ2n) is 3.93. The van der Waals surface area contributed by atoms with E-state index in [1.54, 1.807) is 0 Å². The number of halogens is 1. The zero-order chi connectivity index (χ0) is 10.1. The zero-order valence-corrected chi connectivity index (χ0v) is 9.43. The monoisotopic (exact) mass is 213 g/mol. The molecule has 0 amide bonds. The number of rotatable bonds is 1. The summed E-state index contributed by atoms with van der Waals surface area (Å²) < 4.78 is 1.94. The number of hydrogen-bond acceptors (Lipinski definition) is 2. The summed E-state index contributed by atoms with van der Waals surface area (Å²) in [7, 11) is 1.98. The Morgan fingerprint density at radius 3 is 2.57 bits per heavy atom. The smallest absolute Gasteiger partial charge is 0.0849 e. The van der Waals surface area contributed by atoms with Crippen molar-refractivity contribution in [1.82, 2.24) is 15.1 Å². The molecule has 0 radical (unpaired) electrons. The second-order valence-corrected chi connectivity index (χ2v) is 4.31. The van der Waals surface area contributed by atoms with Gasteiger partial charge in [-0.1, -0.05) is 11.6 Å². The van der Waals surface area contributed by atoms with Gasteiger partial charge >= 0.3 is 0 Å². The Bertz CT molecular complexity index is 326. The van der Waals surface area contributed by atoms with Gasteiger partial charge in [-0.25, -0.2) is 0 Å². The van der Waals surface area contributed by atoms with Crippen molar-refractivity contribution >= 4 is 11.6 Å². The standard InChI is InChI=1S/C10H16ClN3/c1-7-9(11)10(14(2)13-7)8-3-5-12-6-4-8/h8,12H,3-6H2,1-2H3. The van der Waals surface area contributed by atoms with Gasteiger partial charge in [0.25, 0.3) is 0 Å². The summed E-state index contributed by atoms with van der Waals surface area (Å²) in [5, 5.41) is 8.57. The Kier molecular flexibility index (Phi) is 2.79. The number of nitrogens with zero attached hydrogens (tertiary/aromatic N) is 2. The zero-order valence-electron chi connectivity index (χ0n) is 8.68. The maximum absolute atomic E-state index is 6.24. The topological polar surface area (TPSA) is 29.9 Å². The quantitative estimate of drug-likeness (QED) is 0.772. The number of piperidine rings is 1. The Morgan fingerprint density at radius 2 is 2.07 bits per heavy atom. The van der Waals surface area contributed by atoms with Crippen LogP contribution in [0.5, 0.6) is 0 Å². The third-order valence-electron chi connectivity index (χ3n) is 2.92. The van der Waals surface area contributed by atoms with Crippen molar-refractivity contribution in [3.63, 3.8) is 0 Å². The van der Waals surface area contributed by atoms with Gasteiger partial charge in [-0.15, -0.1) is 0 Å². The van der Waals surface area contributed by atoms with Gasteiger partial charge in [0.2, 0.25) is 0 Å². The molecule has 14 heavy (non-hydrogen) atoms. The van der Waals surface area contributed by atoms with E-state index in [0.717, 1.165) is 23.8 Å². The molecule has 1 fully saturated rings. The molecule has 0 bridgehead atoms. The Balaban J connectivity index is 2.29. The van der Waals surface area contributed by atoms with E-state index in [4.69, 9.17) is 11.6 Å². The van der Waals surface area contributed by atoms with Crippen molar-refractivity contribution in [2.24, 2.45) is 7.05 Å². The van der Waals surface area contributed by atoms with Gasteiger partial charge in [0.15, 0.2) is 0 Å². The van der Waals surface area contributed by atoms with Gasteiger partial charge in [-0.05, 0) is 32.9 Å². The van der Waals surface area contributed by atoms with Crippen molar-refractivity contribution in [2.45, 2.75) is 25.7 Å². The molecule has 1 N–H and O–H groups in total. The van der Waals surface area contributed by atoms with Crippen molar-refractivity contribution < 1.29 is 0 Å². The van der Waals surface area contributed by atoms with Gasteiger partial charge in [0.05, 0.1) is 16.4 Å². The van der Waals surface area contributed by atoms with Crippen LogP contribution < -0.4 is 5.32 Å². The van der Waals surface area contributed by atoms with E-state index < -0.39 is 0 Å². The molecule has 1 saturated heterocycles. The van der Waals surface area contributed by atoms with Crippen LogP contribution in [0.4, 0.5) is 0 Å². The lowest BCUT2D eigenvalue weighted by Gasteiger charge is -2.23. The highest BCUT2D eigenvalue weighted by molar-refractivity contribution is 6.31. The van der Waals surface area contributed by atoms with Crippen LogP contribution in [0.25, 0.3) is 0 Å². The van der Waals surface area contributed by atoms with Crippen molar-refractivity contribution in [2.75, 3.05) is 13.1 Å². The molecule has 0 spiro atoms. The fourth-order valence-electron chi connectivity index (χ4n) is 2.19. The molecule has 3 nitrogen and oxygen atoms in total. The lowest BCUT2D eigenvalue weighted by atomic mass is 9.94. The maximum Gasteiger partial charge on any atom is 0.0849 e. The maximum atomic E-state index is 6.24. The molecule has 0 saturated carbocycles. The van der Waals surface area contributed by atoms with Crippen molar-refractivity contribution in [3.8, 4) is 0 Å². The normalized spacial score (nSPS) is 18.8. The van der Waals surface area contributed by atoms with Crippen LogP contribution in [0.15, 0.2) is 0 Å². The van der Waals surface area contributed by atoms with Gasteiger partial charge in [-0.3, -0.25) is 4.68 Å². The number of hydrogen-bond donors (Lipinski definition) is 1. The van der Waals surface area contributed by atoms with Crippen LogP contribution in [0, 0.1) is 6.92 Å². The molecule has 0 atom stereocenters. The summed E-state index contributed by atoms with van der Waals surface area (Å²) in [6, 6.07) is 0. The number of aryl methyl sites for hydroxylation is 2. The van der Waals surface area contributed by atoms with E-state index in [2.05, 4.69) is 10.4 Å². The average Bonchev–Trinajstić information content (AvgIpc) is 2.43. The first kappa shape index (κ1) is 9.99. The molecule has 1 aliphatic heterocycles. The molecule has 2 heterocycles. The second kappa shape index (κ2) is 3.91. The van der Waals surface area contributed by atoms with E-state index in [0.29, 0.717) is 5.92 Å². The average molecular weight is 214 g/mol. The molecule has 4 heteroatoms. The Morgan fingerprint density at radius 1 is 1.43 bits per heavy atom. The fourth-order valence-corrected chi connectivity index (χ4v) is 2.50. The first-order valence-electron chi connectivity index (χ1n) is 5.10. The van der Waals surface area contributed by atoms with Crippen molar-refractivity contribution in [1.29, 1.82) is 0 Å². The molecule has 0 unspecified atom stereocenters. The molecule has 2 rings (SSSR count). The summed E-state index contributed by atoms with van der Waals surface area (Å²) in [4.78, 5) is 0. The summed E-state index contributed by atoms with van der Waals surface area (Å²) in [6.45, 7) is 4.14. The molecular formula is C10H16ClN3. The predicted molar refractivity (Wildman–Crippen MR) is 57.8 cm³/mol. The van der Waals surface area contributed by atoms with Crippen LogP contribution in [0.2, 0.25) is 5.02 Å². The number of nitrogens with one attached hydrogen (secondary N) is 1. The van der Waals surface area contributed by atoms with Crippen LogP contribution >= 0.6 is 11.6 Å². The number of aromatic nitrogens is 2. The Hall–Kier alpha value is -0.540. The van der Waals surface area contributed by atoms with Crippen molar-refractivity contribution in [3.05, 3.63) is 16.4 Å². The first-order valence-corrected chi connectivity index (χ1v) is 5.47. The summed E-state index contributed by atoms with van der Waals surface area (Å²) in [5.74, 6) is 0.579. The van der Waals surface area contributed by atoms with Crippen LogP contribution in [-0.4, -0.2) is 22.9 Å². The first-order chi connectivity index (χ1) is 6.70. The lowest BCUT2D eigenvalue weighted by Crippen LogP contribution is -2.27. The molecule has 0 aromatic carbocycles. The minimum atomic E-state index is 0.579. The summed E-state index contributed by atoms with van der Waals surface area (Å²) in [6.07, 6.45) is 2.33. The third-order valence-corrected chi connectivity index (χ3v) is 3.38. The molecule has 1 aromatic heterocycles. The lowest BCUT2D eigenvalue weighted by molar-refractivity contribution is 0.440. The van der Waals surface area contributed by atoms with E-state index in [1.807, 2.05) is 18.7 Å². The fraction of sp³-hybridized carbons (Fsp3) is 0.700. The van der Waals surface area contributed by atoms with Crippen LogP contribution in [0.3, 0.4) is 0 Å². The van der Waals surface area contributed by atoms with Gasteiger partial charge in [0.1, 0.15) is 0 Å². The van der Waals surface area contributed by atoms with Gasteiger partial charge in [0, 0.05) is 13.0 Å². The SMILES string of the molecule is Cc1nn(C)c(C2CCNCC2)c1Cl. The van der Waals surface area contributed by atoms with Gasteiger partial charge in [-0.2, -0.15) is 5.10 Å². The Labute approximate surface area is 89.4 Å². The van der Waals surface area contributed by atoms with E-state index in [1.165, 1.54) is 18.5 Å². The minimum Gasteiger partial charge on any atom is -0.317 e. The predicted octanol–water partition coefficient (Wildman–Crippen LogP) is 1.85. The highest BCUT2D eigenvalue weighted by Crippen LogP contribution is 2.32. The summed E-state index contributed by atoms with van der Waals surface area (Å²) >= 11 is 6.24. The summed E-state index contributed by atoms with van der Waals surface area (Å²) in [5.41, 5.74) is 2.16. The molecule has 1 aliphatic rings. The molecule has 0 aliphatic carbocycles. The molecule has 1 aromatic rings. The van der Waals surface area contributed by atoms with Gasteiger partial charge < -0.3 is 5.32 Å². The molecular weight excluding hydrogens is 198 g/mol. The minimum absolute atomic E-state index is 0.579. The van der Waals surface area contributed by atoms with Crippen LogP contribution in [-0.2, 0) is 7.05 Å². The van der Waals surface area contributed by atoms with Crippen LogP contribution in [0.1, 0.15) is 30.1 Å². The van der Waals surface area contributed by atoms with E-state index >= 15 is 0 Å². The largest absolute Gasteiger partial charge is 0.317 e. The molecule has 78 valence electrons. The highest BCUT2D eigenvalue weighted by atomic mass is 35.5. The van der Waals surface area contributed by atoms with E-state index in [-0.39, 0.29) is 0 Å².